The number of carbonyl (C=O) groups is 2. The van der Waals surface area contributed by atoms with Crippen molar-refractivity contribution in [3.05, 3.63) is 70.3 Å². The van der Waals surface area contributed by atoms with Gasteiger partial charge in [-0.1, -0.05) is 31.2 Å². The van der Waals surface area contributed by atoms with E-state index in [1.54, 1.807) is 32.4 Å². The summed E-state index contributed by atoms with van der Waals surface area (Å²) >= 11 is 0. The van der Waals surface area contributed by atoms with Gasteiger partial charge >= 0.3 is 0 Å². The summed E-state index contributed by atoms with van der Waals surface area (Å²) in [5.74, 6) is -0.840. The summed E-state index contributed by atoms with van der Waals surface area (Å²) in [5, 5.41) is 11.1. The van der Waals surface area contributed by atoms with Crippen LogP contribution in [0.2, 0.25) is 0 Å². The molecule has 2 aromatic carbocycles. The van der Waals surface area contributed by atoms with Gasteiger partial charge < -0.3 is 19.5 Å². The SMILES string of the molecule is CCc1ccc(C2C(=C(O)c3ccc(OC)c(C)c3)C(=O)C(=O)N2CCOC)cc1. The number of ether oxygens (including phenoxy) is 2. The number of ketones is 1. The largest absolute Gasteiger partial charge is 0.507 e. The van der Waals surface area contributed by atoms with Gasteiger partial charge in [0.25, 0.3) is 11.7 Å². The fourth-order valence-corrected chi connectivity index (χ4v) is 3.76. The van der Waals surface area contributed by atoms with Crippen LogP contribution in [0.4, 0.5) is 0 Å². The van der Waals surface area contributed by atoms with Crippen molar-refractivity contribution >= 4 is 17.4 Å². The van der Waals surface area contributed by atoms with E-state index in [9.17, 15) is 14.7 Å². The first-order valence-corrected chi connectivity index (χ1v) is 9.94. The number of likely N-dealkylation sites (tertiary alicyclic amines) is 1. The van der Waals surface area contributed by atoms with Crippen LogP contribution in [0.15, 0.2) is 48.0 Å². The van der Waals surface area contributed by atoms with Gasteiger partial charge in [0.15, 0.2) is 0 Å². The Morgan fingerprint density at radius 3 is 2.37 bits per heavy atom. The summed E-state index contributed by atoms with van der Waals surface area (Å²) in [6, 6.07) is 12.2. The molecule has 1 aliphatic heterocycles. The Morgan fingerprint density at radius 2 is 1.80 bits per heavy atom. The first kappa shape index (κ1) is 21.6. The third-order valence-electron chi connectivity index (χ3n) is 5.45. The summed E-state index contributed by atoms with van der Waals surface area (Å²) in [7, 11) is 3.12. The third-order valence-corrected chi connectivity index (χ3v) is 5.45. The van der Waals surface area contributed by atoms with Crippen molar-refractivity contribution in [3.63, 3.8) is 0 Å². The van der Waals surface area contributed by atoms with Gasteiger partial charge in [0.05, 0.1) is 25.3 Å². The monoisotopic (exact) mass is 409 g/mol. The molecule has 1 N–H and O–H groups in total. The van der Waals surface area contributed by atoms with Crippen LogP contribution in [0.3, 0.4) is 0 Å². The number of aliphatic hydroxyl groups excluding tert-OH is 1. The van der Waals surface area contributed by atoms with Gasteiger partial charge in [0.2, 0.25) is 0 Å². The minimum atomic E-state index is -0.693. The lowest BCUT2D eigenvalue weighted by atomic mass is 9.94. The predicted octanol–water partition coefficient (Wildman–Crippen LogP) is 3.63. The average Bonchev–Trinajstić information content (AvgIpc) is 3.01. The van der Waals surface area contributed by atoms with E-state index in [1.165, 1.54) is 4.90 Å². The van der Waals surface area contributed by atoms with Crippen molar-refractivity contribution in [2.75, 3.05) is 27.4 Å². The molecule has 0 aromatic heterocycles. The number of aryl methyl sites for hydroxylation is 2. The number of hydrogen-bond donors (Lipinski definition) is 1. The minimum Gasteiger partial charge on any atom is -0.507 e. The molecule has 3 rings (SSSR count). The van der Waals surface area contributed by atoms with Crippen LogP contribution in [0, 0.1) is 6.92 Å². The molecule has 30 heavy (non-hydrogen) atoms. The molecule has 1 fully saturated rings. The predicted molar refractivity (Wildman–Crippen MR) is 114 cm³/mol. The third kappa shape index (κ3) is 3.96. The van der Waals surface area contributed by atoms with Crippen molar-refractivity contribution < 1.29 is 24.2 Å². The molecule has 1 heterocycles. The zero-order valence-corrected chi connectivity index (χ0v) is 17.8. The maximum Gasteiger partial charge on any atom is 0.295 e. The molecule has 0 spiro atoms. The summed E-state index contributed by atoms with van der Waals surface area (Å²) in [6.07, 6.45) is 0.884. The minimum absolute atomic E-state index is 0.0879. The highest BCUT2D eigenvalue weighted by molar-refractivity contribution is 6.46. The smallest absolute Gasteiger partial charge is 0.295 e. The summed E-state index contributed by atoms with van der Waals surface area (Å²) in [5.41, 5.74) is 3.30. The molecule has 158 valence electrons. The van der Waals surface area contributed by atoms with Crippen LogP contribution in [0.5, 0.6) is 5.75 Å². The van der Waals surface area contributed by atoms with Crippen molar-refractivity contribution in [2.24, 2.45) is 0 Å². The van der Waals surface area contributed by atoms with Crippen molar-refractivity contribution in [3.8, 4) is 5.75 Å². The lowest BCUT2D eigenvalue weighted by Crippen LogP contribution is -2.32. The summed E-state index contributed by atoms with van der Waals surface area (Å²) in [4.78, 5) is 27.2. The maximum absolute atomic E-state index is 12.9. The molecule has 2 aromatic rings. The number of benzene rings is 2. The first-order valence-electron chi connectivity index (χ1n) is 9.94. The van der Waals surface area contributed by atoms with Gasteiger partial charge in [-0.15, -0.1) is 0 Å². The zero-order chi connectivity index (χ0) is 21.8. The van der Waals surface area contributed by atoms with E-state index in [1.807, 2.05) is 31.2 Å². The number of nitrogens with zero attached hydrogens (tertiary/aromatic N) is 1. The van der Waals surface area contributed by atoms with Gasteiger partial charge in [-0.25, -0.2) is 0 Å². The second kappa shape index (κ2) is 9.13. The number of aliphatic hydroxyl groups is 1. The Hall–Kier alpha value is -3.12. The molecule has 1 saturated heterocycles. The van der Waals surface area contributed by atoms with E-state index < -0.39 is 17.7 Å². The lowest BCUT2D eigenvalue weighted by Gasteiger charge is -2.25. The van der Waals surface area contributed by atoms with Crippen LogP contribution < -0.4 is 4.74 Å². The van der Waals surface area contributed by atoms with Crippen LogP contribution >= 0.6 is 0 Å². The Kier molecular flexibility index (Phi) is 6.57. The molecular weight excluding hydrogens is 382 g/mol. The van der Waals surface area contributed by atoms with Crippen molar-refractivity contribution in [1.82, 2.24) is 4.90 Å². The molecule has 0 bridgehead atoms. The van der Waals surface area contributed by atoms with Crippen LogP contribution in [-0.2, 0) is 20.7 Å². The Bertz CT molecular complexity index is 978. The van der Waals surface area contributed by atoms with Crippen LogP contribution in [-0.4, -0.2) is 49.1 Å². The quantitative estimate of drug-likeness (QED) is 0.429. The van der Waals surface area contributed by atoms with E-state index in [0.717, 1.165) is 23.1 Å². The molecule has 1 aliphatic rings. The maximum atomic E-state index is 12.9. The molecule has 6 nitrogen and oxygen atoms in total. The second-order valence-corrected chi connectivity index (χ2v) is 7.26. The van der Waals surface area contributed by atoms with Gasteiger partial charge in [-0.3, -0.25) is 9.59 Å². The Morgan fingerprint density at radius 1 is 1.10 bits per heavy atom. The molecule has 0 radical (unpaired) electrons. The molecule has 1 atom stereocenters. The van der Waals surface area contributed by atoms with Crippen molar-refractivity contribution in [2.45, 2.75) is 26.3 Å². The fraction of sp³-hybridized carbons (Fsp3) is 0.333. The molecule has 0 aliphatic carbocycles. The van der Waals surface area contributed by atoms with E-state index in [0.29, 0.717) is 11.3 Å². The molecule has 6 heteroatoms. The average molecular weight is 409 g/mol. The van der Waals surface area contributed by atoms with Gasteiger partial charge in [-0.2, -0.15) is 0 Å². The standard InChI is InChI=1S/C24H27NO5/c1-5-16-6-8-17(9-7-16)21-20(23(27)24(28)25(21)12-13-29-3)22(26)18-10-11-19(30-4)15(2)14-18/h6-11,14,21,26H,5,12-13H2,1-4H3. The van der Waals surface area contributed by atoms with Gasteiger partial charge in [0, 0.05) is 19.2 Å². The molecule has 1 unspecified atom stereocenters. The normalized spacial score (nSPS) is 18.1. The zero-order valence-electron chi connectivity index (χ0n) is 17.8. The summed E-state index contributed by atoms with van der Waals surface area (Å²) in [6.45, 7) is 4.46. The van der Waals surface area contributed by atoms with Crippen molar-refractivity contribution in [1.29, 1.82) is 0 Å². The van der Waals surface area contributed by atoms with Gasteiger partial charge in [-0.05, 0) is 48.2 Å². The van der Waals surface area contributed by atoms with E-state index in [-0.39, 0.29) is 24.5 Å². The Labute approximate surface area is 176 Å². The molecule has 0 saturated carbocycles. The number of hydrogen-bond acceptors (Lipinski definition) is 5. The first-order chi connectivity index (χ1) is 14.4. The molecular formula is C24H27NO5. The highest BCUT2D eigenvalue weighted by Gasteiger charge is 2.45. The number of rotatable bonds is 7. The van der Waals surface area contributed by atoms with E-state index in [2.05, 4.69) is 6.92 Å². The second-order valence-electron chi connectivity index (χ2n) is 7.26. The van der Waals surface area contributed by atoms with Crippen LogP contribution in [0.25, 0.3) is 5.76 Å². The van der Waals surface area contributed by atoms with E-state index >= 15 is 0 Å². The fourth-order valence-electron chi connectivity index (χ4n) is 3.76. The van der Waals surface area contributed by atoms with E-state index in [4.69, 9.17) is 9.47 Å². The lowest BCUT2D eigenvalue weighted by molar-refractivity contribution is -0.140. The topological polar surface area (TPSA) is 76.1 Å². The van der Waals surface area contributed by atoms with Gasteiger partial charge in [0.1, 0.15) is 11.5 Å². The molecule has 1 amide bonds. The number of Topliss-reactive ketones (excluding diaryl/α,β-unsaturated/α-hetero) is 1. The number of amides is 1. The Balaban J connectivity index is 2.14. The number of methoxy groups -OCH3 is 2. The highest BCUT2D eigenvalue weighted by atomic mass is 16.5. The number of carbonyl (C=O) groups excluding carboxylic acids is 2. The summed E-state index contributed by atoms with van der Waals surface area (Å²) < 4.78 is 10.4. The highest BCUT2D eigenvalue weighted by Crippen LogP contribution is 2.39. The van der Waals surface area contributed by atoms with Crippen LogP contribution in [0.1, 0.15) is 35.2 Å².